The van der Waals surface area contributed by atoms with E-state index in [-0.39, 0.29) is 12.5 Å². The van der Waals surface area contributed by atoms with Crippen LogP contribution in [0.4, 0.5) is 5.69 Å². The highest BCUT2D eigenvalue weighted by Gasteiger charge is 2.04. The summed E-state index contributed by atoms with van der Waals surface area (Å²) in [5.41, 5.74) is 8.86. The second kappa shape index (κ2) is 8.40. The number of nitrogens with one attached hydrogen (secondary N) is 2. The number of anilines is 1. The van der Waals surface area contributed by atoms with Gasteiger partial charge in [0.2, 0.25) is 5.91 Å². The molecule has 0 saturated heterocycles. The molecular formula is C18H18N4O2. The van der Waals surface area contributed by atoms with Gasteiger partial charge in [-0.15, -0.1) is 0 Å². The number of rotatable bonds is 6. The van der Waals surface area contributed by atoms with Crippen molar-refractivity contribution >= 4 is 29.5 Å². The standard InChI is InChI=1S/C18H18N4O2/c19-9-15(10-20)17-7-8-21-11-14(17)3-6-18(24)22-16-4-1-13(12-23)2-5-16/h1-11,19,23H,12,20H2,(H,22,24)/b6-3+,15-10?,19-9?. The molecule has 0 aliphatic rings. The van der Waals surface area contributed by atoms with Crippen molar-refractivity contribution in [3.8, 4) is 0 Å². The van der Waals surface area contributed by atoms with Gasteiger partial charge >= 0.3 is 0 Å². The third-order valence-electron chi connectivity index (χ3n) is 3.32. The van der Waals surface area contributed by atoms with E-state index in [9.17, 15) is 4.79 Å². The van der Waals surface area contributed by atoms with E-state index >= 15 is 0 Å². The zero-order valence-electron chi connectivity index (χ0n) is 12.9. The first kappa shape index (κ1) is 17.1. The maximum Gasteiger partial charge on any atom is 0.248 e. The summed E-state index contributed by atoms with van der Waals surface area (Å²) in [5.74, 6) is -0.297. The molecule has 0 radical (unpaired) electrons. The van der Waals surface area contributed by atoms with Crippen LogP contribution in [-0.2, 0) is 11.4 Å². The molecule has 0 unspecified atom stereocenters. The van der Waals surface area contributed by atoms with E-state index in [1.165, 1.54) is 12.3 Å². The number of amides is 1. The van der Waals surface area contributed by atoms with Crippen LogP contribution in [0.5, 0.6) is 0 Å². The van der Waals surface area contributed by atoms with Crippen molar-refractivity contribution in [1.29, 1.82) is 5.41 Å². The lowest BCUT2D eigenvalue weighted by atomic mass is 10.0. The summed E-state index contributed by atoms with van der Waals surface area (Å²) in [5, 5.41) is 19.1. The Labute approximate surface area is 139 Å². The third-order valence-corrected chi connectivity index (χ3v) is 3.32. The van der Waals surface area contributed by atoms with Crippen molar-refractivity contribution in [3.05, 3.63) is 71.7 Å². The second-order valence-corrected chi connectivity index (χ2v) is 4.91. The van der Waals surface area contributed by atoms with Crippen LogP contribution in [0.1, 0.15) is 16.7 Å². The van der Waals surface area contributed by atoms with Crippen molar-refractivity contribution in [2.45, 2.75) is 6.61 Å². The minimum absolute atomic E-state index is 0.0398. The van der Waals surface area contributed by atoms with E-state index in [1.807, 2.05) is 0 Å². The summed E-state index contributed by atoms with van der Waals surface area (Å²) in [6.07, 6.45) is 8.69. The van der Waals surface area contributed by atoms with Gasteiger partial charge in [-0.2, -0.15) is 0 Å². The van der Waals surface area contributed by atoms with Gasteiger partial charge < -0.3 is 21.6 Å². The summed E-state index contributed by atoms with van der Waals surface area (Å²) in [4.78, 5) is 16.0. The van der Waals surface area contributed by atoms with Gasteiger partial charge in [-0.1, -0.05) is 12.1 Å². The predicted molar refractivity (Wildman–Crippen MR) is 95.2 cm³/mol. The van der Waals surface area contributed by atoms with Gasteiger partial charge in [0.05, 0.1) is 6.61 Å². The molecule has 0 bridgehead atoms. The van der Waals surface area contributed by atoms with Crippen LogP contribution in [0.25, 0.3) is 11.6 Å². The smallest absolute Gasteiger partial charge is 0.248 e. The van der Waals surface area contributed by atoms with Crippen molar-refractivity contribution in [3.63, 3.8) is 0 Å². The Bertz CT molecular complexity index is 780. The second-order valence-electron chi connectivity index (χ2n) is 4.91. The van der Waals surface area contributed by atoms with Gasteiger partial charge in [0, 0.05) is 47.7 Å². The molecule has 122 valence electrons. The number of nitrogens with zero attached hydrogens (tertiary/aromatic N) is 1. The van der Waals surface area contributed by atoms with Gasteiger partial charge in [0.1, 0.15) is 0 Å². The number of pyridine rings is 1. The predicted octanol–water partition coefficient (Wildman–Crippen LogP) is 2.17. The monoisotopic (exact) mass is 322 g/mol. The summed E-state index contributed by atoms with van der Waals surface area (Å²) >= 11 is 0. The third kappa shape index (κ3) is 4.37. The largest absolute Gasteiger partial charge is 0.404 e. The Balaban J connectivity index is 2.12. The van der Waals surface area contributed by atoms with Crippen LogP contribution in [0.15, 0.2) is 55.0 Å². The molecule has 24 heavy (non-hydrogen) atoms. The molecule has 0 aliphatic carbocycles. The van der Waals surface area contributed by atoms with Gasteiger partial charge in [-0.3, -0.25) is 9.78 Å². The minimum Gasteiger partial charge on any atom is -0.404 e. The lowest BCUT2D eigenvalue weighted by Gasteiger charge is -2.05. The van der Waals surface area contributed by atoms with Gasteiger partial charge in [0.25, 0.3) is 0 Å². The number of allylic oxidation sites excluding steroid dienone is 1. The van der Waals surface area contributed by atoms with E-state index < -0.39 is 0 Å². The van der Waals surface area contributed by atoms with E-state index in [0.29, 0.717) is 16.8 Å². The molecule has 2 rings (SSSR count). The minimum atomic E-state index is -0.297. The molecule has 2 aromatic rings. The summed E-state index contributed by atoms with van der Waals surface area (Å²) in [6, 6.07) is 8.64. The zero-order chi connectivity index (χ0) is 17.4. The molecule has 1 heterocycles. The highest BCUT2D eigenvalue weighted by Crippen LogP contribution is 2.17. The fourth-order valence-corrected chi connectivity index (χ4v) is 2.06. The van der Waals surface area contributed by atoms with E-state index in [0.717, 1.165) is 17.3 Å². The highest BCUT2D eigenvalue weighted by atomic mass is 16.3. The number of aromatic nitrogens is 1. The first-order chi connectivity index (χ1) is 11.7. The first-order valence-electron chi connectivity index (χ1n) is 7.23. The molecule has 1 aromatic carbocycles. The topological polar surface area (TPSA) is 112 Å². The number of hydrogen-bond donors (Lipinski definition) is 4. The lowest BCUT2D eigenvalue weighted by molar-refractivity contribution is -0.111. The van der Waals surface area contributed by atoms with E-state index in [4.69, 9.17) is 16.2 Å². The average Bonchev–Trinajstić information content (AvgIpc) is 2.62. The summed E-state index contributed by atoms with van der Waals surface area (Å²) in [7, 11) is 0. The number of aliphatic hydroxyl groups is 1. The maximum atomic E-state index is 12.0. The zero-order valence-corrected chi connectivity index (χ0v) is 12.9. The quantitative estimate of drug-likeness (QED) is 0.482. The van der Waals surface area contributed by atoms with Gasteiger partial charge in [0.15, 0.2) is 0 Å². The summed E-state index contributed by atoms with van der Waals surface area (Å²) < 4.78 is 0. The maximum absolute atomic E-state index is 12.0. The lowest BCUT2D eigenvalue weighted by Crippen LogP contribution is -2.07. The van der Waals surface area contributed by atoms with Crippen LogP contribution in [0.3, 0.4) is 0 Å². The Morgan fingerprint density at radius 1 is 1.29 bits per heavy atom. The fourth-order valence-electron chi connectivity index (χ4n) is 2.06. The normalized spacial score (nSPS) is 11.5. The molecule has 6 heteroatoms. The number of nitrogens with two attached hydrogens (primary N) is 1. The Morgan fingerprint density at radius 3 is 2.67 bits per heavy atom. The number of carbonyl (C=O) groups excluding carboxylic acids is 1. The van der Waals surface area contributed by atoms with Crippen LogP contribution >= 0.6 is 0 Å². The number of benzene rings is 1. The van der Waals surface area contributed by atoms with Gasteiger partial charge in [-0.05, 0) is 35.4 Å². The molecule has 0 aliphatic heterocycles. The first-order valence-corrected chi connectivity index (χ1v) is 7.23. The molecule has 5 N–H and O–H groups in total. The van der Waals surface area contributed by atoms with Crippen LogP contribution in [0.2, 0.25) is 0 Å². The van der Waals surface area contributed by atoms with Crippen molar-refractivity contribution < 1.29 is 9.90 Å². The average molecular weight is 322 g/mol. The van der Waals surface area contributed by atoms with E-state index in [2.05, 4.69) is 10.3 Å². The molecule has 1 aromatic heterocycles. The Morgan fingerprint density at radius 2 is 2.04 bits per heavy atom. The number of hydrogen-bond acceptors (Lipinski definition) is 5. The van der Waals surface area contributed by atoms with Crippen molar-refractivity contribution in [2.75, 3.05) is 5.32 Å². The molecule has 1 amide bonds. The Hall–Kier alpha value is -3.25. The SMILES string of the molecule is N=CC(=CN)c1ccncc1/C=C/C(=O)Nc1ccc(CO)cc1. The van der Waals surface area contributed by atoms with Crippen LogP contribution < -0.4 is 11.1 Å². The van der Waals surface area contributed by atoms with Gasteiger partial charge in [-0.25, -0.2) is 0 Å². The van der Waals surface area contributed by atoms with Crippen molar-refractivity contribution in [1.82, 2.24) is 4.98 Å². The Kier molecular flexibility index (Phi) is 5.99. The fraction of sp³-hybridized carbons (Fsp3) is 0.0556. The molecule has 0 fully saturated rings. The van der Waals surface area contributed by atoms with Crippen molar-refractivity contribution in [2.24, 2.45) is 5.73 Å². The highest BCUT2D eigenvalue weighted by molar-refractivity contribution is 6.10. The van der Waals surface area contributed by atoms with Crippen LogP contribution in [-0.4, -0.2) is 22.2 Å². The molecular weight excluding hydrogens is 304 g/mol. The number of aliphatic hydroxyl groups excluding tert-OH is 1. The van der Waals surface area contributed by atoms with Crippen LogP contribution in [0, 0.1) is 5.41 Å². The number of carbonyl (C=O) groups is 1. The van der Waals surface area contributed by atoms with E-state index in [1.54, 1.807) is 48.8 Å². The summed E-state index contributed by atoms with van der Waals surface area (Å²) in [6.45, 7) is -0.0398. The molecule has 6 nitrogen and oxygen atoms in total. The molecule has 0 atom stereocenters. The molecule has 0 saturated carbocycles. The molecule has 0 spiro atoms.